The van der Waals surface area contributed by atoms with Crippen molar-refractivity contribution in [2.75, 3.05) is 88.8 Å². The standard InChI is InChI=1S/C30H44N8O2/c39-29-4-2-1-3-26(29)27-17-28-30(34-33-27)32-18-24-20-37(14-15-38(24)28)23-7-12-36(13-8-23)22-5-10-35(11-6-22)21-25-19-31-9-16-40-25/h1-4,17,22-25,31,39H,5-16,18-21H2,(H,32,34)/t24-,25+/m0/s1. The van der Waals surface area contributed by atoms with Crippen LogP contribution in [-0.4, -0.2) is 133 Å². The molecule has 0 bridgehead atoms. The van der Waals surface area contributed by atoms with Gasteiger partial charge in [0.25, 0.3) is 0 Å². The molecule has 5 aliphatic rings. The van der Waals surface area contributed by atoms with E-state index in [1.165, 1.54) is 51.9 Å². The van der Waals surface area contributed by atoms with E-state index >= 15 is 0 Å². The predicted octanol–water partition coefficient (Wildman–Crippen LogP) is 1.68. The molecule has 0 aliphatic carbocycles. The number of para-hydroxylation sites is 1. The number of benzene rings is 1. The molecule has 4 saturated heterocycles. The normalized spacial score (nSPS) is 27.6. The second-order valence-electron chi connectivity index (χ2n) is 12.2. The van der Waals surface area contributed by atoms with Crippen LogP contribution in [0, 0.1) is 0 Å². The minimum absolute atomic E-state index is 0.241. The van der Waals surface area contributed by atoms with E-state index in [0.29, 0.717) is 18.2 Å². The molecular weight excluding hydrogens is 504 g/mol. The second kappa shape index (κ2) is 11.8. The highest BCUT2D eigenvalue weighted by Gasteiger charge is 2.37. The molecular formula is C30H44N8O2. The summed E-state index contributed by atoms with van der Waals surface area (Å²) in [5.41, 5.74) is 2.56. The Morgan fingerprint density at radius 1 is 0.875 bits per heavy atom. The summed E-state index contributed by atoms with van der Waals surface area (Å²) < 4.78 is 5.93. The Balaban J connectivity index is 0.908. The number of phenols is 1. The maximum absolute atomic E-state index is 10.3. The van der Waals surface area contributed by atoms with Crippen LogP contribution < -0.4 is 15.5 Å². The van der Waals surface area contributed by atoms with Crippen molar-refractivity contribution in [1.82, 2.24) is 30.2 Å². The summed E-state index contributed by atoms with van der Waals surface area (Å²) in [7, 11) is 0. The molecule has 3 N–H and O–H groups in total. The highest BCUT2D eigenvalue weighted by molar-refractivity contribution is 5.76. The zero-order valence-electron chi connectivity index (χ0n) is 23.5. The first-order valence-corrected chi connectivity index (χ1v) is 15.4. The van der Waals surface area contributed by atoms with Crippen molar-refractivity contribution >= 4 is 11.5 Å². The molecule has 0 radical (unpaired) electrons. The Bertz CT molecular complexity index is 1140. The van der Waals surface area contributed by atoms with Gasteiger partial charge in [0.2, 0.25) is 0 Å². The SMILES string of the molecule is Oc1ccccc1-c1cc2c(nn1)NC[C@H]1CN(C3CCN(C4CCN(C[C@H]5CNCCO5)CC4)CC3)CCN21. The molecule has 0 amide bonds. The van der Waals surface area contributed by atoms with Gasteiger partial charge in [-0.1, -0.05) is 12.1 Å². The van der Waals surface area contributed by atoms with Crippen molar-refractivity contribution < 1.29 is 9.84 Å². The van der Waals surface area contributed by atoms with Crippen LogP contribution in [0.15, 0.2) is 30.3 Å². The number of morpholine rings is 1. The van der Waals surface area contributed by atoms with Gasteiger partial charge in [0.15, 0.2) is 5.82 Å². The Morgan fingerprint density at radius 2 is 1.68 bits per heavy atom. The average molecular weight is 549 g/mol. The summed E-state index contributed by atoms with van der Waals surface area (Å²) in [6.45, 7) is 12.9. The maximum atomic E-state index is 10.3. The number of anilines is 2. The number of rotatable bonds is 5. The molecule has 10 heteroatoms. The van der Waals surface area contributed by atoms with Crippen molar-refractivity contribution in [3.8, 4) is 17.0 Å². The zero-order valence-corrected chi connectivity index (χ0v) is 23.5. The van der Waals surface area contributed by atoms with Crippen molar-refractivity contribution in [1.29, 1.82) is 0 Å². The van der Waals surface area contributed by atoms with Gasteiger partial charge in [-0.05, 0) is 70.1 Å². The van der Waals surface area contributed by atoms with Crippen LogP contribution in [0.4, 0.5) is 11.5 Å². The Labute approximate surface area is 237 Å². The molecule has 7 rings (SSSR count). The van der Waals surface area contributed by atoms with E-state index in [1.54, 1.807) is 6.07 Å². The Morgan fingerprint density at radius 3 is 2.48 bits per heavy atom. The number of nitrogens with one attached hydrogen (secondary N) is 2. The lowest BCUT2D eigenvalue weighted by atomic mass is 9.95. The fourth-order valence-electron chi connectivity index (χ4n) is 7.57. The van der Waals surface area contributed by atoms with Crippen LogP contribution in [0.5, 0.6) is 5.75 Å². The number of hydrogen-bond donors (Lipinski definition) is 3. The molecule has 216 valence electrons. The molecule has 0 unspecified atom stereocenters. The molecule has 2 aromatic rings. The van der Waals surface area contributed by atoms with E-state index in [0.717, 1.165) is 81.2 Å². The van der Waals surface area contributed by atoms with Gasteiger partial charge in [-0.3, -0.25) is 4.90 Å². The van der Waals surface area contributed by atoms with Crippen LogP contribution >= 0.6 is 0 Å². The molecule has 2 atom stereocenters. The molecule has 0 spiro atoms. The smallest absolute Gasteiger partial charge is 0.172 e. The third-order valence-corrected chi connectivity index (χ3v) is 9.84. The molecule has 5 aliphatic heterocycles. The van der Waals surface area contributed by atoms with Crippen molar-refractivity contribution in [3.63, 3.8) is 0 Å². The highest BCUT2D eigenvalue weighted by atomic mass is 16.5. The number of ether oxygens (including phenoxy) is 1. The third-order valence-electron chi connectivity index (χ3n) is 9.84. The summed E-state index contributed by atoms with van der Waals surface area (Å²) in [6.07, 6.45) is 5.51. The van der Waals surface area contributed by atoms with E-state index in [1.807, 2.05) is 18.2 Å². The topological polar surface area (TPSA) is 92.3 Å². The van der Waals surface area contributed by atoms with Crippen LogP contribution in [0.1, 0.15) is 25.7 Å². The minimum Gasteiger partial charge on any atom is -0.507 e. The fourth-order valence-corrected chi connectivity index (χ4v) is 7.57. The van der Waals surface area contributed by atoms with Gasteiger partial charge in [0.05, 0.1) is 30.1 Å². The lowest BCUT2D eigenvalue weighted by molar-refractivity contribution is -0.00725. The molecule has 6 heterocycles. The molecule has 0 saturated carbocycles. The van der Waals surface area contributed by atoms with Gasteiger partial charge in [-0.15, -0.1) is 10.2 Å². The molecule has 4 fully saturated rings. The van der Waals surface area contributed by atoms with E-state index in [9.17, 15) is 5.11 Å². The number of hydrogen-bond acceptors (Lipinski definition) is 10. The summed E-state index contributed by atoms with van der Waals surface area (Å²) >= 11 is 0. The first-order chi connectivity index (χ1) is 19.7. The molecule has 1 aromatic carbocycles. The van der Waals surface area contributed by atoms with Gasteiger partial charge in [-0.2, -0.15) is 0 Å². The number of aromatic nitrogens is 2. The van der Waals surface area contributed by atoms with Gasteiger partial charge in [0.1, 0.15) is 5.75 Å². The number of piperidine rings is 2. The summed E-state index contributed by atoms with van der Waals surface area (Å²) in [5, 5.41) is 26.2. The predicted molar refractivity (Wildman–Crippen MR) is 157 cm³/mol. The quantitative estimate of drug-likeness (QED) is 0.513. The fraction of sp³-hybridized carbons (Fsp3) is 0.667. The van der Waals surface area contributed by atoms with Crippen molar-refractivity contribution in [2.24, 2.45) is 0 Å². The van der Waals surface area contributed by atoms with E-state index in [4.69, 9.17) is 4.74 Å². The van der Waals surface area contributed by atoms with Crippen LogP contribution in [-0.2, 0) is 4.74 Å². The summed E-state index contributed by atoms with van der Waals surface area (Å²) in [5.74, 6) is 1.09. The van der Waals surface area contributed by atoms with E-state index in [-0.39, 0.29) is 5.75 Å². The number of likely N-dealkylation sites (tertiary alicyclic amines) is 2. The second-order valence-corrected chi connectivity index (χ2v) is 12.2. The number of piperazine rings is 1. The number of fused-ring (bicyclic) bond motifs is 3. The van der Waals surface area contributed by atoms with Crippen LogP contribution in [0.25, 0.3) is 11.3 Å². The molecule has 1 aromatic heterocycles. The zero-order chi connectivity index (χ0) is 26.9. The van der Waals surface area contributed by atoms with Gasteiger partial charge in [0, 0.05) is 63.5 Å². The largest absolute Gasteiger partial charge is 0.507 e. The number of phenolic OH excluding ortho intramolecular Hbond substituents is 1. The first kappa shape index (κ1) is 26.4. The monoisotopic (exact) mass is 548 g/mol. The van der Waals surface area contributed by atoms with Crippen molar-refractivity contribution in [3.05, 3.63) is 30.3 Å². The summed E-state index contributed by atoms with van der Waals surface area (Å²) in [6, 6.07) is 11.3. The van der Waals surface area contributed by atoms with Gasteiger partial charge < -0.3 is 35.2 Å². The number of aromatic hydroxyl groups is 1. The average Bonchev–Trinajstić information content (AvgIpc) is 3.02. The van der Waals surface area contributed by atoms with E-state index < -0.39 is 0 Å². The molecule has 40 heavy (non-hydrogen) atoms. The highest BCUT2D eigenvalue weighted by Crippen LogP contribution is 2.36. The number of nitrogens with zero attached hydrogens (tertiary/aromatic N) is 6. The Hall–Kier alpha value is -2.50. The van der Waals surface area contributed by atoms with Crippen molar-refractivity contribution in [2.45, 2.75) is 49.9 Å². The summed E-state index contributed by atoms with van der Waals surface area (Å²) in [4.78, 5) is 10.7. The van der Waals surface area contributed by atoms with Gasteiger partial charge in [-0.25, -0.2) is 0 Å². The van der Waals surface area contributed by atoms with E-state index in [2.05, 4.69) is 46.5 Å². The Kier molecular flexibility index (Phi) is 7.77. The van der Waals surface area contributed by atoms with Crippen LogP contribution in [0.2, 0.25) is 0 Å². The lowest BCUT2D eigenvalue weighted by Gasteiger charge is -2.50. The third kappa shape index (κ3) is 5.52. The maximum Gasteiger partial charge on any atom is 0.172 e. The van der Waals surface area contributed by atoms with Gasteiger partial charge >= 0.3 is 0 Å². The minimum atomic E-state index is 0.241. The van der Waals surface area contributed by atoms with Crippen LogP contribution in [0.3, 0.4) is 0 Å². The molecule has 10 nitrogen and oxygen atoms in total. The lowest BCUT2D eigenvalue weighted by Crippen LogP contribution is -2.61. The first-order valence-electron chi connectivity index (χ1n) is 15.4.